The molecule has 2 aromatic carbocycles. The van der Waals surface area contributed by atoms with Gasteiger partial charge < -0.3 is 5.73 Å². The minimum Gasteiger partial charge on any atom is -0.368 e. The number of nitrogens with zero attached hydrogens (tertiary/aromatic N) is 2. The number of fused-ring (bicyclic) bond motifs is 1. The highest BCUT2D eigenvalue weighted by Gasteiger charge is 2.04. The monoisotopic (exact) mass is 316 g/mol. The van der Waals surface area contributed by atoms with Crippen LogP contribution in [0.2, 0.25) is 0 Å². The summed E-state index contributed by atoms with van der Waals surface area (Å²) in [5.41, 5.74) is 5.77. The Morgan fingerprint density at radius 2 is 1.79 bits per heavy atom. The number of aromatic amines is 1. The van der Waals surface area contributed by atoms with Crippen molar-refractivity contribution in [2.75, 3.05) is 5.73 Å². The van der Waals surface area contributed by atoms with E-state index in [1.54, 1.807) is 0 Å². The maximum absolute atomic E-state index is 11.3. The van der Waals surface area contributed by atoms with Crippen LogP contribution in [0.3, 0.4) is 0 Å². The molecule has 0 fully saturated rings. The van der Waals surface area contributed by atoms with Gasteiger partial charge in [0, 0.05) is 10.0 Å². The Labute approximate surface area is 116 Å². The van der Waals surface area contributed by atoms with Crippen LogP contribution in [0.5, 0.6) is 0 Å². The summed E-state index contributed by atoms with van der Waals surface area (Å²) in [7, 11) is 0. The van der Waals surface area contributed by atoms with E-state index in [1.807, 2.05) is 36.4 Å². The van der Waals surface area contributed by atoms with E-state index in [1.165, 1.54) is 0 Å². The van der Waals surface area contributed by atoms with Crippen LogP contribution >= 0.6 is 15.9 Å². The first-order valence-corrected chi connectivity index (χ1v) is 6.35. The Kier molecular flexibility index (Phi) is 2.79. The first-order chi connectivity index (χ1) is 9.11. The van der Waals surface area contributed by atoms with Crippen LogP contribution in [-0.4, -0.2) is 15.0 Å². The topological polar surface area (TPSA) is 84.7 Å². The summed E-state index contributed by atoms with van der Waals surface area (Å²) in [6.07, 6.45) is 0. The molecule has 0 aliphatic rings. The fourth-order valence-corrected chi connectivity index (χ4v) is 2.28. The average Bonchev–Trinajstić information content (AvgIpc) is 2.37. The lowest BCUT2D eigenvalue weighted by molar-refractivity contribution is 1.01. The number of halogens is 1. The van der Waals surface area contributed by atoms with Gasteiger partial charge in [0.2, 0.25) is 5.95 Å². The van der Waals surface area contributed by atoms with Crippen LogP contribution < -0.4 is 11.4 Å². The largest absolute Gasteiger partial charge is 0.368 e. The molecule has 0 amide bonds. The summed E-state index contributed by atoms with van der Waals surface area (Å²) in [6, 6.07) is 11.8. The Bertz CT molecular complexity index is 828. The van der Waals surface area contributed by atoms with Crippen LogP contribution in [0.25, 0.3) is 22.2 Å². The number of hydrogen-bond acceptors (Lipinski definition) is 4. The summed E-state index contributed by atoms with van der Waals surface area (Å²) >= 11 is 3.43. The molecule has 0 aliphatic heterocycles. The lowest BCUT2D eigenvalue weighted by Crippen LogP contribution is -2.15. The molecule has 94 valence electrons. The zero-order chi connectivity index (χ0) is 13.4. The number of nitrogens with two attached hydrogens (primary N) is 1. The van der Waals surface area contributed by atoms with Gasteiger partial charge in [0.05, 0.1) is 0 Å². The second-order valence-corrected chi connectivity index (χ2v) is 4.98. The number of rotatable bonds is 1. The molecule has 6 heteroatoms. The molecule has 1 aromatic heterocycles. The third-order valence-corrected chi connectivity index (χ3v) is 3.24. The third-order valence-electron chi connectivity index (χ3n) is 2.74. The van der Waals surface area contributed by atoms with Crippen molar-refractivity contribution in [1.82, 2.24) is 15.0 Å². The second-order valence-electron chi connectivity index (χ2n) is 4.07. The van der Waals surface area contributed by atoms with Gasteiger partial charge in [-0.15, -0.1) is 0 Å². The minimum atomic E-state index is -0.501. The van der Waals surface area contributed by atoms with Gasteiger partial charge >= 0.3 is 5.69 Å². The number of anilines is 1. The highest BCUT2D eigenvalue weighted by Crippen LogP contribution is 2.24. The first-order valence-electron chi connectivity index (χ1n) is 5.55. The molecule has 3 N–H and O–H groups in total. The van der Waals surface area contributed by atoms with Gasteiger partial charge in [-0.25, -0.2) is 4.79 Å². The van der Waals surface area contributed by atoms with Gasteiger partial charge in [0.1, 0.15) is 5.82 Å². The van der Waals surface area contributed by atoms with E-state index in [-0.39, 0.29) is 5.95 Å². The van der Waals surface area contributed by atoms with E-state index in [2.05, 4.69) is 30.9 Å². The maximum Gasteiger partial charge on any atom is 0.349 e. The van der Waals surface area contributed by atoms with Crippen LogP contribution in [0.15, 0.2) is 45.7 Å². The van der Waals surface area contributed by atoms with Gasteiger partial charge in [0.25, 0.3) is 0 Å². The van der Waals surface area contributed by atoms with Crippen molar-refractivity contribution in [2.24, 2.45) is 0 Å². The molecule has 3 aromatic rings. The van der Waals surface area contributed by atoms with Gasteiger partial charge in [-0.05, 0) is 29.0 Å². The van der Waals surface area contributed by atoms with Crippen molar-refractivity contribution in [3.05, 3.63) is 51.4 Å². The van der Waals surface area contributed by atoms with Crippen LogP contribution in [-0.2, 0) is 0 Å². The standard InChI is InChI=1S/C13H9BrN4O/c14-10-4-3-7-5-9(2-1-8(7)6-10)11-16-12(15)18-13(19)17-11/h1-6H,(H3,15,16,17,18,19). The minimum absolute atomic E-state index is 0.0327. The van der Waals surface area contributed by atoms with Crippen molar-refractivity contribution >= 4 is 32.7 Å². The highest BCUT2D eigenvalue weighted by molar-refractivity contribution is 9.10. The van der Waals surface area contributed by atoms with E-state index < -0.39 is 5.69 Å². The number of H-pyrrole nitrogens is 1. The van der Waals surface area contributed by atoms with E-state index in [4.69, 9.17) is 5.73 Å². The fourth-order valence-electron chi connectivity index (χ4n) is 1.90. The number of nitrogen functional groups attached to an aromatic ring is 1. The molecule has 0 saturated heterocycles. The summed E-state index contributed by atoms with van der Waals surface area (Å²) < 4.78 is 1.02. The third kappa shape index (κ3) is 2.34. The Balaban J connectivity index is 2.20. The number of nitrogens with one attached hydrogen (secondary N) is 1. The van der Waals surface area contributed by atoms with Crippen LogP contribution in [0, 0.1) is 0 Å². The van der Waals surface area contributed by atoms with E-state index in [9.17, 15) is 4.79 Å². The predicted octanol–water partition coefficient (Wildman–Crippen LogP) is 2.33. The second kappa shape index (κ2) is 4.47. The van der Waals surface area contributed by atoms with Gasteiger partial charge in [-0.2, -0.15) is 9.97 Å². The van der Waals surface area contributed by atoms with E-state index in [0.717, 1.165) is 20.8 Å². The lowest BCUT2D eigenvalue weighted by Gasteiger charge is -2.04. The normalized spacial score (nSPS) is 10.8. The Morgan fingerprint density at radius 3 is 2.58 bits per heavy atom. The summed E-state index contributed by atoms with van der Waals surface area (Å²) in [5.74, 6) is 0.386. The van der Waals surface area contributed by atoms with Gasteiger partial charge in [-0.1, -0.05) is 34.1 Å². The Hall–Kier alpha value is -2.21. The van der Waals surface area contributed by atoms with Gasteiger partial charge in [0.15, 0.2) is 0 Å². The van der Waals surface area contributed by atoms with E-state index in [0.29, 0.717) is 5.82 Å². The van der Waals surface area contributed by atoms with Crippen molar-refractivity contribution in [1.29, 1.82) is 0 Å². The smallest absolute Gasteiger partial charge is 0.349 e. The Morgan fingerprint density at radius 1 is 1.05 bits per heavy atom. The molecule has 0 spiro atoms. The predicted molar refractivity (Wildman–Crippen MR) is 77.7 cm³/mol. The van der Waals surface area contributed by atoms with Crippen LogP contribution in [0.4, 0.5) is 5.95 Å². The zero-order valence-corrected chi connectivity index (χ0v) is 11.3. The fraction of sp³-hybridized carbons (Fsp3) is 0. The van der Waals surface area contributed by atoms with Crippen molar-refractivity contribution in [2.45, 2.75) is 0 Å². The zero-order valence-electron chi connectivity index (χ0n) is 9.72. The van der Waals surface area contributed by atoms with Crippen LogP contribution in [0.1, 0.15) is 0 Å². The first kappa shape index (κ1) is 11.9. The highest BCUT2D eigenvalue weighted by atomic mass is 79.9. The molecule has 0 saturated carbocycles. The average molecular weight is 317 g/mol. The quantitative estimate of drug-likeness (QED) is 0.721. The maximum atomic E-state index is 11.3. The molecular weight excluding hydrogens is 308 g/mol. The molecule has 0 bridgehead atoms. The lowest BCUT2D eigenvalue weighted by atomic mass is 10.1. The summed E-state index contributed by atoms with van der Waals surface area (Å²) in [4.78, 5) is 21.4. The molecule has 0 atom stereocenters. The molecule has 0 radical (unpaired) electrons. The van der Waals surface area contributed by atoms with Crippen molar-refractivity contribution < 1.29 is 0 Å². The van der Waals surface area contributed by atoms with Crippen molar-refractivity contribution in [3.63, 3.8) is 0 Å². The molecule has 0 aliphatic carbocycles. The molecule has 0 unspecified atom stereocenters. The molecular formula is C13H9BrN4O. The summed E-state index contributed by atoms with van der Waals surface area (Å²) in [6.45, 7) is 0. The molecule has 19 heavy (non-hydrogen) atoms. The van der Waals surface area contributed by atoms with Crippen molar-refractivity contribution in [3.8, 4) is 11.4 Å². The van der Waals surface area contributed by atoms with Gasteiger partial charge in [-0.3, -0.25) is 4.98 Å². The number of hydrogen-bond donors (Lipinski definition) is 2. The molecule has 1 heterocycles. The molecule has 3 rings (SSSR count). The molecule has 5 nitrogen and oxygen atoms in total. The summed E-state index contributed by atoms with van der Waals surface area (Å²) in [5, 5.41) is 2.15. The number of aromatic nitrogens is 3. The number of benzene rings is 2. The SMILES string of the molecule is Nc1nc(-c2ccc3cc(Br)ccc3c2)[nH]c(=O)n1. The van der Waals surface area contributed by atoms with E-state index >= 15 is 0 Å².